The van der Waals surface area contributed by atoms with Gasteiger partial charge in [0.05, 0.1) is 25.2 Å². The molecule has 82 valence electrons. The molecule has 0 aromatic carbocycles. The molecule has 1 atom stereocenters. The summed E-state index contributed by atoms with van der Waals surface area (Å²) in [4.78, 5) is 6.53. The quantitative estimate of drug-likeness (QED) is 0.781. The second kappa shape index (κ2) is 4.49. The van der Waals surface area contributed by atoms with Gasteiger partial charge in [-0.1, -0.05) is 0 Å². The van der Waals surface area contributed by atoms with Crippen LogP contribution < -0.4 is 15.0 Å². The fourth-order valence-corrected chi connectivity index (χ4v) is 1.90. The van der Waals surface area contributed by atoms with Crippen LogP contribution in [-0.4, -0.2) is 37.8 Å². The lowest BCUT2D eigenvalue weighted by molar-refractivity contribution is 0.412. The highest BCUT2D eigenvalue weighted by atomic mass is 16.5. The summed E-state index contributed by atoms with van der Waals surface area (Å²) in [6.07, 6.45) is 3.63. The van der Waals surface area contributed by atoms with Gasteiger partial charge >= 0.3 is 0 Å². The van der Waals surface area contributed by atoms with E-state index in [0.717, 1.165) is 31.1 Å². The molecule has 1 fully saturated rings. The molecular formula is C11H17N3O. The van der Waals surface area contributed by atoms with E-state index < -0.39 is 0 Å². The summed E-state index contributed by atoms with van der Waals surface area (Å²) in [5.74, 6) is 0.818. The zero-order chi connectivity index (χ0) is 10.7. The van der Waals surface area contributed by atoms with Gasteiger partial charge in [0.25, 0.3) is 0 Å². The molecule has 1 aliphatic rings. The minimum absolute atomic E-state index is 0.507. The number of methoxy groups -OCH3 is 1. The van der Waals surface area contributed by atoms with Crippen LogP contribution in [0.15, 0.2) is 18.5 Å². The molecule has 1 aromatic heterocycles. The Labute approximate surface area is 90.3 Å². The van der Waals surface area contributed by atoms with Crippen LogP contribution in [0.5, 0.6) is 5.75 Å². The van der Waals surface area contributed by atoms with Crippen LogP contribution in [0.25, 0.3) is 0 Å². The summed E-state index contributed by atoms with van der Waals surface area (Å²) in [6.45, 7) is 5.29. The van der Waals surface area contributed by atoms with E-state index in [1.54, 1.807) is 13.3 Å². The van der Waals surface area contributed by atoms with Crippen LogP contribution in [0.1, 0.15) is 6.92 Å². The Balaban J connectivity index is 2.19. The van der Waals surface area contributed by atoms with Crippen molar-refractivity contribution >= 4 is 5.69 Å². The minimum Gasteiger partial charge on any atom is -0.495 e. The van der Waals surface area contributed by atoms with Crippen molar-refractivity contribution in [3.63, 3.8) is 0 Å². The standard InChI is InChI=1S/C11H17N3O/c1-9-6-12-3-4-14(9)10-5-11(15-2)8-13-7-10/h5,7-9,12H,3-4,6H2,1-2H3. The van der Waals surface area contributed by atoms with Crippen LogP contribution in [0.2, 0.25) is 0 Å². The van der Waals surface area contributed by atoms with E-state index in [9.17, 15) is 0 Å². The number of aromatic nitrogens is 1. The van der Waals surface area contributed by atoms with Crippen molar-refractivity contribution in [2.24, 2.45) is 0 Å². The Morgan fingerprint density at radius 3 is 3.13 bits per heavy atom. The van der Waals surface area contributed by atoms with Crippen LogP contribution in [0.3, 0.4) is 0 Å². The molecule has 1 unspecified atom stereocenters. The van der Waals surface area contributed by atoms with Crippen LogP contribution >= 0.6 is 0 Å². The molecule has 2 rings (SSSR count). The van der Waals surface area contributed by atoms with Gasteiger partial charge in [0.2, 0.25) is 0 Å². The molecule has 4 nitrogen and oxygen atoms in total. The summed E-state index contributed by atoms with van der Waals surface area (Å²) in [5, 5.41) is 3.37. The number of hydrogen-bond donors (Lipinski definition) is 1. The molecule has 1 aliphatic heterocycles. The molecular weight excluding hydrogens is 190 g/mol. The number of nitrogens with zero attached hydrogens (tertiary/aromatic N) is 2. The third-order valence-electron chi connectivity index (χ3n) is 2.77. The minimum atomic E-state index is 0.507. The number of pyridine rings is 1. The van der Waals surface area contributed by atoms with Gasteiger partial charge in [-0.25, -0.2) is 0 Å². The van der Waals surface area contributed by atoms with Crippen molar-refractivity contribution in [3.8, 4) is 5.75 Å². The fraction of sp³-hybridized carbons (Fsp3) is 0.545. The van der Waals surface area contributed by atoms with Crippen molar-refractivity contribution in [2.45, 2.75) is 13.0 Å². The number of nitrogens with one attached hydrogen (secondary N) is 1. The number of anilines is 1. The Morgan fingerprint density at radius 2 is 2.40 bits per heavy atom. The van der Waals surface area contributed by atoms with Gasteiger partial charge in [-0.15, -0.1) is 0 Å². The maximum atomic E-state index is 5.18. The van der Waals surface area contributed by atoms with E-state index in [0.29, 0.717) is 6.04 Å². The highest BCUT2D eigenvalue weighted by molar-refractivity contribution is 5.49. The molecule has 0 aliphatic carbocycles. The Kier molecular flexibility index (Phi) is 3.06. The largest absolute Gasteiger partial charge is 0.495 e. The van der Waals surface area contributed by atoms with Gasteiger partial charge in [0.15, 0.2) is 0 Å². The molecule has 0 radical (unpaired) electrons. The van der Waals surface area contributed by atoms with Crippen molar-refractivity contribution in [2.75, 3.05) is 31.6 Å². The van der Waals surface area contributed by atoms with E-state index in [2.05, 4.69) is 22.1 Å². The van der Waals surface area contributed by atoms with Crippen molar-refractivity contribution in [3.05, 3.63) is 18.5 Å². The summed E-state index contributed by atoms with van der Waals surface area (Å²) >= 11 is 0. The van der Waals surface area contributed by atoms with Crippen molar-refractivity contribution in [1.29, 1.82) is 0 Å². The monoisotopic (exact) mass is 207 g/mol. The number of ether oxygens (including phenoxy) is 1. The highest BCUT2D eigenvalue weighted by Gasteiger charge is 2.18. The van der Waals surface area contributed by atoms with Crippen molar-refractivity contribution in [1.82, 2.24) is 10.3 Å². The first-order valence-electron chi connectivity index (χ1n) is 5.27. The topological polar surface area (TPSA) is 37.4 Å². The molecule has 0 amide bonds. The zero-order valence-corrected chi connectivity index (χ0v) is 9.23. The first kappa shape index (κ1) is 10.2. The first-order valence-corrected chi connectivity index (χ1v) is 5.27. The maximum Gasteiger partial charge on any atom is 0.139 e. The fourth-order valence-electron chi connectivity index (χ4n) is 1.90. The molecule has 4 heteroatoms. The molecule has 1 saturated heterocycles. The summed E-state index contributed by atoms with van der Waals surface area (Å²) in [7, 11) is 1.67. The first-order chi connectivity index (χ1) is 7.31. The average Bonchev–Trinajstić information content (AvgIpc) is 2.30. The second-order valence-corrected chi connectivity index (χ2v) is 3.83. The maximum absolute atomic E-state index is 5.18. The molecule has 1 aromatic rings. The predicted octanol–water partition coefficient (Wildman–Crippen LogP) is 0.888. The number of piperazine rings is 1. The third-order valence-corrected chi connectivity index (χ3v) is 2.77. The SMILES string of the molecule is COc1cncc(N2CCNCC2C)c1. The Bertz CT molecular complexity index is 329. The summed E-state index contributed by atoms with van der Waals surface area (Å²) < 4.78 is 5.18. The zero-order valence-electron chi connectivity index (χ0n) is 9.23. The lowest BCUT2D eigenvalue weighted by Gasteiger charge is -2.35. The van der Waals surface area contributed by atoms with Gasteiger partial charge in [-0.3, -0.25) is 4.98 Å². The Hall–Kier alpha value is -1.29. The molecule has 15 heavy (non-hydrogen) atoms. The van der Waals surface area contributed by atoms with Crippen molar-refractivity contribution < 1.29 is 4.74 Å². The second-order valence-electron chi connectivity index (χ2n) is 3.83. The van der Waals surface area contributed by atoms with E-state index in [1.807, 2.05) is 12.3 Å². The average molecular weight is 207 g/mol. The van der Waals surface area contributed by atoms with E-state index in [4.69, 9.17) is 4.74 Å². The summed E-state index contributed by atoms with van der Waals surface area (Å²) in [5.41, 5.74) is 1.14. The van der Waals surface area contributed by atoms with E-state index in [-0.39, 0.29) is 0 Å². The normalized spacial score (nSPS) is 21.5. The summed E-state index contributed by atoms with van der Waals surface area (Å²) in [6, 6.07) is 2.54. The number of hydrogen-bond acceptors (Lipinski definition) is 4. The molecule has 0 spiro atoms. The van der Waals surface area contributed by atoms with Crippen LogP contribution in [0, 0.1) is 0 Å². The lowest BCUT2D eigenvalue weighted by Crippen LogP contribution is -2.49. The third kappa shape index (κ3) is 2.21. The molecule has 0 saturated carbocycles. The van der Waals surface area contributed by atoms with Crippen LogP contribution in [-0.2, 0) is 0 Å². The van der Waals surface area contributed by atoms with Gasteiger partial charge in [0, 0.05) is 31.7 Å². The number of rotatable bonds is 2. The van der Waals surface area contributed by atoms with Gasteiger partial charge in [0.1, 0.15) is 5.75 Å². The molecule has 0 bridgehead atoms. The lowest BCUT2D eigenvalue weighted by atomic mass is 10.2. The molecule has 1 N–H and O–H groups in total. The van der Waals surface area contributed by atoms with Gasteiger partial charge < -0.3 is 15.0 Å². The van der Waals surface area contributed by atoms with Gasteiger partial charge in [-0.05, 0) is 6.92 Å². The Morgan fingerprint density at radius 1 is 1.53 bits per heavy atom. The van der Waals surface area contributed by atoms with E-state index in [1.165, 1.54) is 0 Å². The van der Waals surface area contributed by atoms with E-state index >= 15 is 0 Å². The highest BCUT2D eigenvalue weighted by Crippen LogP contribution is 2.21. The smallest absolute Gasteiger partial charge is 0.139 e. The van der Waals surface area contributed by atoms with Crippen LogP contribution in [0.4, 0.5) is 5.69 Å². The van der Waals surface area contributed by atoms with Gasteiger partial charge in [-0.2, -0.15) is 0 Å². The predicted molar refractivity (Wildman–Crippen MR) is 60.5 cm³/mol. The molecule has 2 heterocycles.